The molecule has 0 aromatic heterocycles. The molecule has 146 valence electrons. The van der Waals surface area contributed by atoms with E-state index in [1.165, 1.54) is 12.1 Å². The molecule has 0 fully saturated rings. The summed E-state index contributed by atoms with van der Waals surface area (Å²) in [6.45, 7) is 3.44. The number of anilines is 3. The van der Waals surface area contributed by atoms with Crippen molar-refractivity contribution in [3.05, 3.63) is 50.5 Å². The fraction of sp³-hybridized carbons (Fsp3) is 0.167. The molecule has 2 aromatic carbocycles. The molecule has 2 amide bonds. The highest BCUT2D eigenvalue weighted by molar-refractivity contribution is 7.80. The van der Waals surface area contributed by atoms with Gasteiger partial charge in [0.05, 0.1) is 38.1 Å². The van der Waals surface area contributed by atoms with E-state index >= 15 is 0 Å². The standard InChI is InChI=1S/C18H15Cl3N4O2S/c1-18(2)8-3-4-11(13(22)12(8)15(26)25-16(18)27)23-17(28)24-14-9(20)5-7(19)6-10(14)21/h3-6H,22H2,1-2H3,(H2,23,24,28)(H,25,26,27). The van der Waals surface area contributed by atoms with E-state index in [0.29, 0.717) is 32.0 Å². The molecule has 28 heavy (non-hydrogen) atoms. The predicted octanol–water partition coefficient (Wildman–Crippen LogP) is 4.59. The summed E-state index contributed by atoms with van der Waals surface area (Å²) in [5.41, 5.74) is 7.04. The Labute approximate surface area is 181 Å². The van der Waals surface area contributed by atoms with Crippen LogP contribution in [0.25, 0.3) is 0 Å². The molecular weight excluding hydrogens is 443 g/mol. The van der Waals surface area contributed by atoms with E-state index < -0.39 is 11.3 Å². The van der Waals surface area contributed by atoms with Gasteiger partial charge in [-0.2, -0.15) is 0 Å². The lowest BCUT2D eigenvalue weighted by Crippen LogP contribution is -2.49. The lowest BCUT2D eigenvalue weighted by atomic mass is 9.77. The third-order valence-electron chi connectivity index (χ3n) is 4.43. The molecule has 3 rings (SSSR count). The quantitative estimate of drug-likeness (QED) is 0.299. The van der Waals surface area contributed by atoms with Crippen LogP contribution in [-0.4, -0.2) is 16.9 Å². The molecule has 0 saturated heterocycles. The first-order valence-electron chi connectivity index (χ1n) is 8.03. The molecule has 1 aliphatic rings. The zero-order valence-electron chi connectivity index (χ0n) is 14.7. The number of fused-ring (bicyclic) bond motifs is 1. The molecule has 2 aromatic rings. The van der Waals surface area contributed by atoms with Crippen molar-refractivity contribution >= 4 is 81.0 Å². The van der Waals surface area contributed by atoms with Gasteiger partial charge in [0.1, 0.15) is 0 Å². The molecule has 0 bridgehead atoms. The lowest BCUT2D eigenvalue weighted by molar-refractivity contribution is -0.125. The largest absolute Gasteiger partial charge is 0.396 e. The number of nitrogen functional groups attached to an aromatic ring is 1. The van der Waals surface area contributed by atoms with E-state index in [1.54, 1.807) is 26.0 Å². The Morgan fingerprint density at radius 1 is 1.11 bits per heavy atom. The molecular formula is C18H15Cl3N4O2S. The Bertz CT molecular complexity index is 1020. The Morgan fingerprint density at radius 2 is 1.71 bits per heavy atom. The van der Waals surface area contributed by atoms with Gasteiger partial charge in [0.25, 0.3) is 5.91 Å². The number of nitrogens with two attached hydrogens (primary N) is 1. The van der Waals surface area contributed by atoms with Crippen molar-refractivity contribution in [3.8, 4) is 0 Å². The van der Waals surface area contributed by atoms with Crippen LogP contribution in [-0.2, 0) is 10.2 Å². The minimum absolute atomic E-state index is 0.157. The van der Waals surface area contributed by atoms with Gasteiger partial charge in [0.2, 0.25) is 5.91 Å². The predicted molar refractivity (Wildman–Crippen MR) is 118 cm³/mol. The Hall–Kier alpha value is -2.06. The van der Waals surface area contributed by atoms with E-state index in [9.17, 15) is 9.59 Å². The number of benzene rings is 2. The van der Waals surface area contributed by atoms with Crippen molar-refractivity contribution < 1.29 is 9.59 Å². The molecule has 0 unspecified atom stereocenters. The fourth-order valence-electron chi connectivity index (χ4n) is 2.87. The van der Waals surface area contributed by atoms with Crippen LogP contribution in [0.15, 0.2) is 24.3 Å². The Kier molecular flexibility index (Phi) is 5.46. The molecule has 0 saturated carbocycles. The van der Waals surface area contributed by atoms with Gasteiger partial charge in [0.15, 0.2) is 5.11 Å². The summed E-state index contributed by atoms with van der Waals surface area (Å²) in [4.78, 5) is 24.4. The van der Waals surface area contributed by atoms with Crippen molar-refractivity contribution in [1.82, 2.24) is 5.32 Å². The van der Waals surface area contributed by atoms with Crippen molar-refractivity contribution in [2.45, 2.75) is 19.3 Å². The summed E-state index contributed by atoms with van der Waals surface area (Å²) in [6.07, 6.45) is 0. The van der Waals surface area contributed by atoms with Gasteiger partial charge in [-0.1, -0.05) is 40.9 Å². The van der Waals surface area contributed by atoms with Gasteiger partial charge in [-0.3, -0.25) is 14.9 Å². The van der Waals surface area contributed by atoms with Crippen LogP contribution in [0.5, 0.6) is 0 Å². The summed E-state index contributed by atoms with van der Waals surface area (Å²) in [5.74, 6) is -0.933. The molecule has 0 aliphatic carbocycles. The first-order valence-corrected chi connectivity index (χ1v) is 9.58. The summed E-state index contributed by atoms with van der Waals surface area (Å²) in [6, 6.07) is 6.38. The number of carbonyl (C=O) groups excluding carboxylic acids is 2. The maximum Gasteiger partial charge on any atom is 0.260 e. The summed E-state index contributed by atoms with van der Waals surface area (Å²) in [7, 11) is 0. The normalized spacial score (nSPS) is 14.9. The number of rotatable bonds is 2. The monoisotopic (exact) mass is 456 g/mol. The Morgan fingerprint density at radius 3 is 2.32 bits per heavy atom. The van der Waals surface area contributed by atoms with Gasteiger partial charge in [-0.05, 0) is 49.8 Å². The molecule has 0 radical (unpaired) electrons. The van der Waals surface area contributed by atoms with Crippen LogP contribution in [0.3, 0.4) is 0 Å². The van der Waals surface area contributed by atoms with Crippen molar-refractivity contribution in [2.24, 2.45) is 0 Å². The minimum atomic E-state index is -0.890. The van der Waals surface area contributed by atoms with E-state index in [1.807, 2.05) is 0 Å². The number of carbonyl (C=O) groups is 2. The molecule has 5 N–H and O–H groups in total. The van der Waals surface area contributed by atoms with Crippen molar-refractivity contribution in [3.63, 3.8) is 0 Å². The number of hydrogen-bond acceptors (Lipinski definition) is 4. The van der Waals surface area contributed by atoms with E-state index in [2.05, 4.69) is 16.0 Å². The number of halogens is 3. The molecule has 1 heterocycles. The topological polar surface area (TPSA) is 96.2 Å². The summed E-state index contributed by atoms with van der Waals surface area (Å²) in [5, 5.41) is 9.26. The first kappa shape index (κ1) is 20.7. The highest BCUT2D eigenvalue weighted by atomic mass is 35.5. The van der Waals surface area contributed by atoms with Crippen LogP contribution in [0.4, 0.5) is 17.1 Å². The fourth-order valence-corrected chi connectivity index (χ4v) is 3.99. The molecule has 10 heteroatoms. The number of amides is 2. The van der Waals surface area contributed by atoms with Gasteiger partial charge >= 0.3 is 0 Å². The lowest BCUT2D eigenvalue weighted by Gasteiger charge is -2.31. The van der Waals surface area contributed by atoms with Gasteiger partial charge in [-0.25, -0.2) is 0 Å². The van der Waals surface area contributed by atoms with Gasteiger partial charge in [-0.15, -0.1) is 0 Å². The number of thiocarbonyl (C=S) groups is 1. The highest BCUT2D eigenvalue weighted by Gasteiger charge is 2.40. The van der Waals surface area contributed by atoms with Crippen molar-refractivity contribution in [2.75, 3.05) is 16.4 Å². The maximum absolute atomic E-state index is 12.3. The third kappa shape index (κ3) is 3.63. The molecule has 0 spiro atoms. The number of hydrogen-bond donors (Lipinski definition) is 4. The smallest absolute Gasteiger partial charge is 0.260 e. The summed E-state index contributed by atoms with van der Waals surface area (Å²) < 4.78 is 0. The third-order valence-corrected chi connectivity index (χ3v) is 5.45. The first-order chi connectivity index (χ1) is 13.0. The highest BCUT2D eigenvalue weighted by Crippen LogP contribution is 2.37. The second-order valence-electron chi connectivity index (χ2n) is 6.68. The van der Waals surface area contributed by atoms with E-state index in [-0.39, 0.29) is 22.3 Å². The van der Waals surface area contributed by atoms with Gasteiger partial charge in [0, 0.05) is 5.02 Å². The van der Waals surface area contributed by atoms with Crippen LogP contribution in [0.2, 0.25) is 15.1 Å². The van der Waals surface area contributed by atoms with Crippen molar-refractivity contribution in [1.29, 1.82) is 0 Å². The number of nitrogens with one attached hydrogen (secondary N) is 3. The zero-order valence-corrected chi connectivity index (χ0v) is 17.8. The zero-order chi connectivity index (χ0) is 20.8. The molecule has 1 aliphatic heterocycles. The molecule has 0 atom stereocenters. The average Bonchev–Trinajstić information content (AvgIpc) is 2.58. The van der Waals surface area contributed by atoms with E-state index in [4.69, 9.17) is 52.8 Å². The van der Waals surface area contributed by atoms with Crippen LogP contribution in [0, 0.1) is 0 Å². The SMILES string of the molecule is CC1(C)C(=O)NC(=O)c2c1ccc(NC(=S)Nc1c(Cl)cc(Cl)cc1Cl)c2N. The average molecular weight is 458 g/mol. The second-order valence-corrected chi connectivity index (χ2v) is 8.34. The van der Waals surface area contributed by atoms with E-state index in [0.717, 1.165) is 0 Å². The van der Waals surface area contributed by atoms with Gasteiger partial charge < -0.3 is 16.4 Å². The Balaban J connectivity index is 1.90. The number of imide groups is 1. The maximum atomic E-state index is 12.3. The second kappa shape index (κ2) is 7.40. The van der Waals surface area contributed by atoms with Crippen LogP contribution >= 0.6 is 47.0 Å². The minimum Gasteiger partial charge on any atom is -0.396 e. The molecule has 6 nitrogen and oxygen atoms in total. The van der Waals surface area contributed by atoms with Crippen LogP contribution < -0.4 is 21.7 Å². The van der Waals surface area contributed by atoms with Crippen LogP contribution in [0.1, 0.15) is 29.8 Å². The summed E-state index contributed by atoms with van der Waals surface area (Å²) >= 11 is 23.5.